The predicted molar refractivity (Wildman–Crippen MR) is 67.3 cm³/mol. The Morgan fingerprint density at radius 2 is 2.33 bits per heavy atom. The molecule has 0 aliphatic rings. The zero-order chi connectivity index (χ0) is 12.8. The van der Waals surface area contributed by atoms with E-state index in [9.17, 15) is 4.79 Å². The number of pyridine rings is 1. The maximum absolute atomic E-state index is 11.5. The molecule has 0 bridgehead atoms. The van der Waals surface area contributed by atoms with Gasteiger partial charge in [0.25, 0.3) is 0 Å². The van der Waals surface area contributed by atoms with Crippen LogP contribution in [-0.4, -0.2) is 25.7 Å². The summed E-state index contributed by atoms with van der Waals surface area (Å²) in [6, 6.07) is 3.58. The minimum absolute atomic E-state index is 0.0205. The Labute approximate surface area is 105 Å². The number of amides is 1. The normalized spacial score (nSPS) is 10.3. The molecule has 0 atom stereocenters. The SMILES string of the molecule is CCCCC(=O)Nc1ccc(-n2cncn2)nc1. The van der Waals surface area contributed by atoms with E-state index < -0.39 is 0 Å². The van der Waals surface area contributed by atoms with Crippen molar-refractivity contribution >= 4 is 11.6 Å². The number of nitrogens with zero attached hydrogens (tertiary/aromatic N) is 4. The van der Waals surface area contributed by atoms with Crippen molar-refractivity contribution in [3.8, 4) is 5.82 Å². The van der Waals surface area contributed by atoms with Gasteiger partial charge in [0, 0.05) is 6.42 Å². The Morgan fingerprint density at radius 3 is 2.94 bits per heavy atom. The zero-order valence-corrected chi connectivity index (χ0v) is 10.2. The fourth-order valence-electron chi connectivity index (χ4n) is 1.48. The number of anilines is 1. The lowest BCUT2D eigenvalue weighted by molar-refractivity contribution is -0.116. The van der Waals surface area contributed by atoms with Gasteiger partial charge in [0.1, 0.15) is 12.7 Å². The highest BCUT2D eigenvalue weighted by atomic mass is 16.1. The van der Waals surface area contributed by atoms with Crippen LogP contribution in [0.2, 0.25) is 0 Å². The Hall–Kier alpha value is -2.24. The summed E-state index contributed by atoms with van der Waals surface area (Å²) >= 11 is 0. The third-order valence-corrected chi connectivity index (χ3v) is 2.44. The van der Waals surface area contributed by atoms with Crippen molar-refractivity contribution in [3.05, 3.63) is 31.0 Å². The monoisotopic (exact) mass is 245 g/mol. The van der Waals surface area contributed by atoms with Crippen LogP contribution in [0, 0.1) is 0 Å². The first-order valence-electron chi connectivity index (χ1n) is 5.90. The lowest BCUT2D eigenvalue weighted by Gasteiger charge is -2.05. The maximum atomic E-state index is 11.5. The quantitative estimate of drug-likeness (QED) is 0.871. The van der Waals surface area contributed by atoms with E-state index in [1.165, 1.54) is 6.33 Å². The summed E-state index contributed by atoms with van der Waals surface area (Å²) in [5.74, 6) is 0.686. The van der Waals surface area contributed by atoms with E-state index in [0.717, 1.165) is 12.8 Å². The van der Waals surface area contributed by atoms with Crippen molar-refractivity contribution in [2.24, 2.45) is 0 Å². The van der Waals surface area contributed by atoms with Gasteiger partial charge >= 0.3 is 0 Å². The second-order valence-electron chi connectivity index (χ2n) is 3.90. The third-order valence-electron chi connectivity index (χ3n) is 2.44. The second kappa shape index (κ2) is 5.90. The molecular weight excluding hydrogens is 230 g/mol. The van der Waals surface area contributed by atoms with Crippen molar-refractivity contribution in [1.29, 1.82) is 0 Å². The van der Waals surface area contributed by atoms with Crippen LogP contribution in [0.4, 0.5) is 5.69 Å². The minimum atomic E-state index is 0.0205. The van der Waals surface area contributed by atoms with Crippen LogP contribution < -0.4 is 5.32 Å². The molecule has 6 heteroatoms. The lowest BCUT2D eigenvalue weighted by Crippen LogP contribution is -2.11. The van der Waals surface area contributed by atoms with Crippen LogP contribution in [-0.2, 0) is 4.79 Å². The van der Waals surface area contributed by atoms with Crippen LogP contribution in [0.5, 0.6) is 0 Å². The van der Waals surface area contributed by atoms with E-state index in [1.54, 1.807) is 29.3 Å². The van der Waals surface area contributed by atoms with Gasteiger partial charge in [-0.15, -0.1) is 0 Å². The predicted octanol–water partition coefficient (Wildman–Crippen LogP) is 1.79. The molecule has 2 rings (SSSR count). The van der Waals surface area contributed by atoms with Crippen molar-refractivity contribution < 1.29 is 4.79 Å². The van der Waals surface area contributed by atoms with E-state index in [4.69, 9.17) is 0 Å². The van der Waals surface area contributed by atoms with Crippen molar-refractivity contribution in [1.82, 2.24) is 19.7 Å². The Balaban J connectivity index is 1.98. The summed E-state index contributed by atoms with van der Waals surface area (Å²) in [6.45, 7) is 2.06. The van der Waals surface area contributed by atoms with Gasteiger partial charge in [0.05, 0.1) is 11.9 Å². The molecule has 18 heavy (non-hydrogen) atoms. The molecule has 0 aromatic carbocycles. The molecule has 0 radical (unpaired) electrons. The average molecular weight is 245 g/mol. The Kier molecular flexibility index (Phi) is 4.01. The van der Waals surface area contributed by atoms with E-state index in [2.05, 4.69) is 27.3 Å². The van der Waals surface area contributed by atoms with E-state index >= 15 is 0 Å². The molecule has 0 aliphatic carbocycles. The third kappa shape index (κ3) is 3.13. The summed E-state index contributed by atoms with van der Waals surface area (Å²) < 4.78 is 1.56. The van der Waals surface area contributed by atoms with Gasteiger partial charge in [-0.1, -0.05) is 13.3 Å². The summed E-state index contributed by atoms with van der Waals surface area (Å²) in [5.41, 5.74) is 0.694. The summed E-state index contributed by atoms with van der Waals surface area (Å²) in [7, 11) is 0. The van der Waals surface area contributed by atoms with Gasteiger partial charge in [-0.25, -0.2) is 14.6 Å². The summed E-state index contributed by atoms with van der Waals surface area (Å²) in [6.07, 6.45) is 7.08. The first-order valence-corrected chi connectivity index (χ1v) is 5.90. The minimum Gasteiger partial charge on any atom is -0.325 e. The Bertz CT molecular complexity index is 492. The molecule has 0 fully saturated rings. The lowest BCUT2D eigenvalue weighted by atomic mass is 10.2. The van der Waals surface area contributed by atoms with Crippen molar-refractivity contribution in [2.45, 2.75) is 26.2 Å². The molecule has 0 spiro atoms. The number of rotatable bonds is 5. The first-order chi connectivity index (χ1) is 8.79. The van der Waals surface area contributed by atoms with Crippen LogP contribution in [0.3, 0.4) is 0 Å². The average Bonchev–Trinajstić information content (AvgIpc) is 2.91. The van der Waals surface area contributed by atoms with Crippen LogP contribution in [0.1, 0.15) is 26.2 Å². The standard InChI is InChI=1S/C12H15N5O/c1-2-3-4-12(18)16-10-5-6-11(14-7-10)17-9-13-8-15-17/h5-9H,2-4H2,1H3,(H,16,18). The fourth-order valence-corrected chi connectivity index (χ4v) is 1.48. The highest BCUT2D eigenvalue weighted by Gasteiger charge is 2.03. The topological polar surface area (TPSA) is 72.7 Å². The fraction of sp³-hybridized carbons (Fsp3) is 0.333. The molecule has 94 valence electrons. The van der Waals surface area contributed by atoms with Crippen LogP contribution in [0.25, 0.3) is 5.82 Å². The molecule has 1 N–H and O–H groups in total. The molecule has 1 amide bonds. The zero-order valence-electron chi connectivity index (χ0n) is 10.2. The van der Waals surface area contributed by atoms with Gasteiger partial charge in [0.15, 0.2) is 5.82 Å². The number of carbonyl (C=O) groups excluding carboxylic acids is 1. The number of nitrogens with one attached hydrogen (secondary N) is 1. The molecule has 0 aliphatic heterocycles. The first kappa shape index (κ1) is 12.2. The van der Waals surface area contributed by atoms with Crippen LogP contribution >= 0.6 is 0 Å². The number of hydrogen-bond donors (Lipinski definition) is 1. The van der Waals surface area contributed by atoms with E-state index in [-0.39, 0.29) is 5.91 Å². The largest absolute Gasteiger partial charge is 0.325 e. The number of hydrogen-bond acceptors (Lipinski definition) is 4. The smallest absolute Gasteiger partial charge is 0.224 e. The van der Waals surface area contributed by atoms with Gasteiger partial charge in [-0.05, 0) is 18.6 Å². The van der Waals surface area contributed by atoms with Gasteiger partial charge in [-0.3, -0.25) is 4.79 Å². The molecule has 2 heterocycles. The summed E-state index contributed by atoms with van der Waals surface area (Å²) in [4.78, 5) is 19.6. The van der Waals surface area contributed by atoms with Crippen molar-refractivity contribution in [3.63, 3.8) is 0 Å². The van der Waals surface area contributed by atoms with Crippen molar-refractivity contribution in [2.75, 3.05) is 5.32 Å². The molecule has 6 nitrogen and oxygen atoms in total. The van der Waals surface area contributed by atoms with Gasteiger partial charge in [-0.2, -0.15) is 5.10 Å². The molecule has 0 saturated carbocycles. The Morgan fingerprint density at radius 1 is 1.44 bits per heavy atom. The molecule has 0 unspecified atom stereocenters. The van der Waals surface area contributed by atoms with Crippen LogP contribution in [0.15, 0.2) is 31.0 Å². The van der Waals surface area contributed by atoms with Gasteiger partial charge < -0.3 is 5.32 Å². The number of carbonyl (C=O) groups is 1. The van der Waals surface area contributed by atoms with Gasteiger partial charge in [0.2, 0.25) is 5.91 Å². The van der Waals surface area contributed by atoms with E-state index in [1.807, 2.05) is 0 Å². The highest BCUT2D eigenvalue weighted by molar-refractivity contribution is 5.90. The second-order valence-corrected chi connectivity index (χ2v) is 3.90. The molecular formula is C12H15N5O. The highest BCUT2D eigenvalue weighted by Crippen LogP contribution is 2.09. The summed E-state index contributed by atoms with van der Waals surface area (Å²) in [5, 5.41) is 6.78. The van der Waals surface area contributed by atoms with E-state index in [0.29, 0.717) is 17.9 Å². The molecule has 0 saturated heterocycles. The maximum Gasteiger partial charge on any atom is 0.224 e. The number of unbranched alkanes of at least 4 members (excludes halogenated alkanes) is 1. The molecule has 2 aromatic heterocycles. The number of aromatic nitrogens is 4. The molecule has 2 aromatic rings.